The van der Waals surface area contributed by atoms with E-state index in [1.54, 1.807) is 5.57 Å². The van der Waals surface area contributed by atoms with E-state index >= 15 is 0 Å². The predicted octanol–water partition coefficient (Wildman–Crippen LogP) is 8.88. The van der Waals surface area contributed by atoms with Gasteiger partial charge < -0.3 is 14.8 Å². The van der Waals surface area contributed by atoms with E-state index in [0.29, 0.717) is 23.8 Å². The maximum absolute atomic E-state index is 12.4. The summed E-state index contributed by atoms with van der Waals surface area (Å²) in [6.45, 7) is 13.1. The highest BCUT2D eigenvalue weighted by Gasteiger charge is 2.59. The lowest BCUT2D eigenvalue weighted by Crippen LogP contribution is -2.51. The first-order chi connectivity index (χ1) is 18.2. The van der Waals surface area contributed by atoms with Crippen molar-refractivity contribution in [2.45, 2.75) is 137 Å². The molecule has 4 aliphatic carbocycles. The van der Waals surface area contributed by atoms with Crippen LogP contribution in [-0.4, -0.2) is 25.0 Å². The number of fused-ring (bicyclic) bond motifs is 5. The zero-order valence-electron chi connectivity index (χ0n) is 25.2. The van der Waals surface area contributed by atoms with Crippen molar-refractivity contribution in [2.75, 3.05) is 6.54 Å². The number of hydrogen-bond donors (Lipinski definition) is 1. The highest BCUT2D eigenvalue weighted by Crippen LogP contribution is 2.67. The van der Waals surface area contributed by atoms with Gasteiger partial charge in [-0.2, -0.15) is 0 Å². The summed E-state index contributed by atoms with van der Waals surface area (Å²) in [5.41, 5.74) is 2.41. The van der Waals surface area contributed by atoms with Crippen LogP contribution < -0.4 is 5.32 Å². The number of carbonyl (C=O) groups excluding carboxylic acids is 2. The molecule has 0 saturated heterocycles. The summed E-state index contributed by atoms with van der Waals surface area (Å²) in [6, 6.07) is 0. The summed E-state index contributed by atoms with van der Waals surface area (Å²) in [5, 5.41) is 2.93. The van der Waals surface area contributed by atoms with Gasteiger partial charge in [0.2, 0.25) is 0 Å². The maximum Gasteiger partial charge on any atom is 0.407 e. The van der Waals surface area contributed by atoms with Crippen molar-refractivity contribution in [2.24, 2.45) is 46.3 Å². The van der Waals surface area contributed by atoms with Crippen molar-refractivity contribution >= 4 is 12.4 Å². The highest BCUT2D eigenvalue weighted by molar-refractivity contribution is 5.67. The van der Waals surface area contributed by atoms with Crippen LogP contribution >= 0.6 is 0 Å². The van der Waals surface area contributed by atoms with Gasteiger partial charge in [0, 0.05) is 19.4 Å². The van der Waals surface area contributed by atoms with Crippen LogP contribution in [0.25, 0.3) is 0 Å². The molecule has 3 saturated carbocycles. The molecule has 216 valence electrons. The number of unbranched alkanes of at least 4 members (excludes halogenated alkanes) is 3. The van der Waals surface area contributed by atoms with Gasteiger partial charge in [0.15, 0.2) is 0 Å². The molecule has 4 heteroatoms. The smallest absolute Gasteiger partial charge is 0.407 e. The summed E-state index contributed by atoms with van der Waals surface area (Å²) in [7, 11) is 0. The van der Waals surface area contributed by atoms with Crippen molar-refractivity contribution < 1.29 is 14.3 Å². The standard InChI is InChI=1S/C34H57NO3/c1-24(2)11-10-12-25(3)29-15-16-30-28-14-13-26-23-27(38-32(37)35-21-8-6-7-9-22-36)17-19-33(26,4)31(28)18-20-34(29,30)5/h13,22,24-25,27-31H,6-12,14-21,23H2,1-5H3,(H,35,37). The molecule has 3 fully saturated rings. The average molecular weight is 528 g/mol. The normalized spacial score (nSPS) is 37.0. The van der Waals surface area contributed by atoms with Crippen LogP contribution in [-0.2, 0) is 9.53 Å². The van der Waals surface area contributed by atoms with E-state index in [9.17, 15) is 9.59 Å². The molecule has 0 radical (unpaired) electrons. The van der Waals surface area contributed by atoms with Gasteiger partial charge in [0.1, 0.15) is 12.4 Å². The first kappa shape index (κ1) is 29.7. The molecule has 0 bridgehead atoms. The van der Waals surface area contributed by atoms with Crippen LogP contribution in [0.3, 0.4) is 0 Å². The minimum Gasteiger partial charge on any atom is -0.446 e. The molecular formula is C34H57NO3. The molecule has 0 heterocycles. The lowest BCUT2D eigenvalue weighted by molar-refractivity contribution is -0.107. The van der Waals surface area contributed by atoms with Crippen LogP contribution in [0.1, 0.15) is 131 Å². The van der Waals surface area contributed by atoms with Crippen LogP contribution in [0, 0.1) is 46.3 Å². The van der Waals surface area contributed by atoms with Gasteiger partial charge in [-0.05, 0) is 104 Å². The number of amides is 1. The zero-order valence-corrected chi connectivity index (χ0v) is 25.2. The zero-order chi connectivity index (χ0) is 27.3. The van der Waals surface area contributed by atoms with Crippen molar-refractivity contribution in [3.8, 4) is 0 Å². The fourth-order valence-corrected chi connectivity index (χ4v) is 9.67. The van der Waals surface area contributed by atoms with E-state index in [0.717, 1.165) is 80.3 Å². The minimum atomic E-state index is -0.267. The van der Waals surface area contributed by atoms with E-state index in [1.807, 2.05) is 0 Å². The van der Waals surface area contributed by atoms with Gasteiger partial charge >= 0.3 is 6.09 Å². The summed E-state index contributed by atoms with van der Waals surface area (Å²) in [6.07, 6.45) is 20.9. The van der Waals surface area contributed by atoms with E-state index in [1.165, 1.54) is 51.4 Å². The number of aldehydes is 1. The molecule has 0 aromatic carbocycles. The van der Waals surface area contributed by atoms with Crippen molar-refractivity contribution in [3.63, 3.8) is 0 Å². The fourth-order valence-electron chi connectivity index (χ4n) is 9.67. The molecule has 0 aliphatic heterocycles. The van der Waals surface area contributed by atoms with Gasteiger partial charge in [-0.1, -0.05) is 72.0 Å². The van der Waals surface area contributed by atoms with Crippen molar-refractivity contribution in [3.05, 3.63) is 11.6 Å². The van der Waals surface area contributed by atoms with E-state index in [4.69, 9.17) is 4.74 Å². The van der Waals surface area contributed by atoms with Gasteiger partial charge in [0.25, 0.3) is 0 Å². The Bertz CT molecular complexity index is 836. The molecule has 1 amide bonds. The van der Waals surface area contributed by atoms with Crippen LogP contribution in [0.15, 0.2) is 11.6 Å². The maximum atomic E-state index is 12.4. The molecule has 4 rings (SSSR count). The first-order valence-electron chi connectivity index (χ1n) is 16.3. The number of rotatable bonds is 12. The monoisotopic (exact) mass is 527 g/mol. The lowest BCUT2D eigenvalue weighted by atomic mass is 9.47. The third-order valence-corrected chi connectivity index (χ3v) is 11.8. The average Bonchev–Trinajstić information content (AvgIpc) is 3.23. The van der Waals surface area contributed by atoms with Gasteiger partial charge in [0.05, 0.1) is 0 Å². The molecule has 0 aromatic heterocycles. The SMILES string of the molecule is CC(C)CCCC(C)C1CCC2C3CC=C4CC(OC(=O)NCCCCCC=O)CCC4(C)C3CCC12C. The number of nitrogens with one attached hydrogen (secondary N) is 1. The molecule has 4 nitrogen and oxygen atoms in total. The Balaban J connectivity index is 1.32. The molecule has 8 atom stereocenters. The number of carbonyl (C=O) groups is 2. The van der Waals surface area contributed by atoms with E-state index in [2.05, 4.69) is 46.0 Å². The molecule has 0 spiro atoms. The topological polar surface area (TPSA) is 55.4 Å². The largest absolute Gasteiger partial charge is 0.446 e. The molecule has 38 heavy (non-hydrogen) atoms. The van der Waals surface area contributed by atoms with Crippen molar-refractivity contribution in [1.29, 1.82) is 0 Å². The van der Waals surface area contributed by atoms with Crippen molar-refractivity contribution in [1.82, 2.24) is 5.32 Å². The Labute approximate surface area is 233 Å². The van der Waals surface area contributed by atoms with Crippen LogP contribution in [0.5, 0.6) is 0 Å². The first-order valence-corrected chi connectivity index (χ1v) is 16.3. The lowest BCUT2D eigenvalue weighted by Gasteiger charge is -2.58. The quantitative estimate of drug-likeness (QED) is 0.157. The Morgan fingerprint density at radius 1 is 1.03 bits per heavy atom. The van der Waals surface area contributed by atoms with E-state index in [-0.39, 0.29) is 12.2 Å². The number of alkyl carbamates (subject to hydrolysis) is 1. The fraction of sp³-hybridized carbons (Fsp3) is 0.882. The summed E-state index contributed by atoms with van der Waals surface area (Å²) in [4.78, 5) is 22.8. The Kier molecular flexibility index (Phi) is 10.1. The predicted molar refractivity (Wildman–Crippen MR) is 156 cm³/mol. The minimum absolute atomic E-state index is 0.0114. The molecular weight excluding hydrogens is 470 g/mol. The van der Waals surface area contributed by atoms with Crippen LogP contribution in [0.4, 0.5) is 4.79 Å². The Morgan fingerprint density at radius 2 is 1.84 bits per heavy atom. The Hall–Kier alpha value is -1.32. The highest BCUT2D eigenvalue weighted by atomic mass is 16.6. The second-order valence-electron chi connectivity index (χ2n) is 14.5. The second-order valence-corrected chi connectivity index (χ2v) is 14.5. The van der Waals surface area contributed by atoms with Gasteiger partial charge in [-0.15, -0.1) is 0 Å². The summed E-state index contributed by atoms with van der Waals surface area (Å²) in [5.74, 6) is 5.13. The Morgan fingerprint density at radius 3 is 2.61 bits per heavy atom. The number of allylic oxidation sites excluding steroid dienone is 1. The summed E-state index contributed by atoms with van der Waals surface area (Å²) >= 11 is 0. The number of hydrogen-bond acceptors (Lipinski definition) is 3. The third-order valence-electron chi connectivity index (χ3n) is 11.8. The van der Waals surface area contributed by atoms with Gasteiger partial charge in [-0.25, -0.2) is 4.79 Å². The van der Waals surface area contributed by atoms with Crippen LogP contribution in [0.2, 0.25) is 0 Å². The van der Waals surface area contributed by atoms with E-state index < -0.39 is 0 Å². The number of ether oxygens (including phenoxy) is 1. The second kappa shape index (κ2) is 12.9. The molecule has 1 N–H and O–H groups in total. The summed E-state index contributed by atoms with van der Waals surface area (Å²) < 4.78 is 5.87. The molecule has 4 aliphatic rings. The molecule has 8 unspecified atom stereocenters. The molecule has 0 aromatic rings. The van der Waals surface area contributed by atoms with Gasteiger partial charge in [-0.3, -0.25) is 0 Å². The third kappa shape index (κ3) is 6.35.